The molecule has 0 unspecified atom stereocenters. The first-order chi connectivity index (χ1) is 13.6. The molecular formula is C22H26N4O2. The van der Waals surface area contributed by atoms with E-state index >= 15 is 0 Å². The van der Waals surface area contributed by atoms with Crippen LogP contribution in [0.15, 0.2) is 42.6 Å². The van der Waals surface area contributed by atoms with E-state index < -0.39 is 5.97 Å². The molecule has 0 aliphatic rings. The van der Waals surface area contributed by atoms with E-state index in [2.05, 4.69) is 23.9 Å². The summed E-state index contributed by atoms with van der Waals surface area (Å²) in [5, 5.41) is 14.0. The van der Waals surface area contributed by atoms with Crippen LogP contribution in [0.1, 0.15) is 60.7 Å². The molecule has 0 saturated heterocycles. The van der Waals surface area contributed by atoms with Crippen LogP contribution >= 0.6 is 0 Å². The molecule has 0 aliphatic heterocycles. The van der Waals surface area contributed by atoms with Gasteiger partial charge in [0.15, 0.2) is 5.82 Å². The van der Waals surface area contributed by atoms with Crippen LogP contribution in [0.2, 0.25) is 0 Å². The number of carbonyl (C=O) groups is 1. The quantitative estimate of drug-likeness (QED) is 0.597. The van der Waals surface area contributed by atoms with Gasteiger partial charge in [-0.1, -0.05) is 44.5 Å². The fraction of sp³-hybridized carbons (Fsp3) is 0.364. The van der Waals surface area contributed by atoms with Gasteiger partial charge in [-0.05, 0) is 30.5 Å². The lowest BCUT2D eigenvalue weighted by Crippen LogP contribution is -2.06. The van der Waals surface area contributed by atoms with E-state index in [4.69, 9.17) is 4.98 Å². The number of pyridine rings is 1. The lowest BCUT2D eigenvalue weighted by molar-refractivity contribution is 0.0697. The maximum atomic E-state index is 11.4. The van der Waals surface area contributed by atoms with Gasteiger partial charge in [0.1, 0.15) is 5.82 Å². The first-order valence-electron chi connectivity index (χ1n) is 9.82. The Bertz CT molecular complexity index is 932. The van der Waals surface area contributed by atoms with Crippen LogP contribution < -0.4 is 0 Å². The number of carboxylic acid groups (broad SMARTS) is 1. The Hall–Kier alpha value is -3.02. The maximum absolute atomic E-state index is 11.4. The minimum Gasteiger partial charge on any atom is -0.478 e. The fourth-order valence-corrected chi connectivity index (χ4v) is 3.16. The summed E-state index contributed by atoms with van der Waals surface area (Å²) in [6.07, 6.45) is 6.47. The second-order valence-electron chi connectivity index (χ2n) is 6.85. The molecule has 3 aromatic rings. The van der Waals surface area contributed by atoms with Crippen molar-refractivity contribution < 1.29 is 9.90 Å². The molecule has 2 heterocycles. The van der Waals surface area contributed by atoms with Gasteiger partial charge in [0.2, 0.25) is 0 Å². The average Bonchev–Trinajstić information content (AvgIpc) is 3.08. The third-order valence-electron chi connectivity index (χ3n) is 4.61. The van der Waals surface area contributed by atoms with Crippen LogP contribution in [-0.2, 0) is 19.4 Å². The predicted molar refractivity (Wildman–Crippen MR) is 108 cm³/mol. The van der Waals surface area contributed by atoms with Crippen LogP contribution in [0.5, 0.6) is 0 Å². The normalized spacial score (nSPS) is 10.9. The number of aromatic nitrogens is 4. The smallest absolute Gasteiger partial charge is 0.337 e. The highest BCUT2D eigenvalue weighted by atomic mass is 16.4. The molecule has 0 spiro atoms. The van der Waals surface area contributed by atoms with E-state index in [1.54, 1.807) is 18.3 Å². The molecule has 0 saturated carbocycles. The zero-order valence-electron chi connectivity index (χ0n) is 16.4. The molecule has 0 fully saturated rings. The standard InChI is InChI=1S/C22H26N4O2/c1-3-5-8-19-24-20(26(25-19)14-4-2)15-16-9-11-17(12-10-16)21-18(22(27)28)7-6-13-23-21/h6-7,9-13H,3-5,8,14-15H2,1-2H3,(H,27,28). The molecule has 6 nitrogen and oxygen atoms in total. The molecule has 2 aromatic heterocycles. The van der Waals surface area contributed by atoms with Crippen molar-refractivity contribution in [1.82, 2.24) is 19.7 Å². The molecule has 1 N–H and O–H groups in total. The minimum atomic E-state index is -0.973. The van der Waals surface area contributed by atoms with E-state index in [0.717, 1.165) is 55.0 Å². The summed E-state index contributed by atoms with van der Waals surface area (Å²) in [6, 6.07) is 11.1. The number of carboxylic acids is 1. The summed E-state index contributed by atoms with van der Waals surface area (Å²) in [5.74, 6) is 0.922. The largest absolute Gasteiger partial charge is 0.478 e. The van der Waals surface area contributed by atoms with Gasteiger partial charge in [-0.15, -0.1) is 0 Å². The van der Waals surface area contributed by atoms with Crippen LogP contribution in [0, 0.1) is 0 Å². The summed E-state index contributed by atoms with van der Waals surface area (Å²) >= 11 is 0. The molecule has 1 aromatic carbocycles. The number of hydrogen-bond acceptors (Lipinski definition) is 4. The Morgan fingerprint density at radius 3 is 2.57 bits per heavy atom. The molecule has 0 amide bonds. The van der Waals surface area contributed by atoms with Crippen LogP contribution in [0.3, 0.4) is 0 Å². The minimum absolute atomic E-state index is 0.207. The predicted octanol–water partition coefficient (Wildman–Crippen LogP) is 4.38. The number of unbranched alkanes of at least 4 members (excludes halogenated alkanes) is 1. The number of nitrogens with zero attached hydrogens (tertiary/aromatic N) is 4. The highest BCUT2D eigenvalue weighted by Gasteiger charge is 2.13. The van der Waals surface area contributed by atoms with Gasteiger partial charge in [0.05, 0.1) is 11.3 Å². The zero-order valence-corrected chi connectivity index (χ0v) is 16.4. The highest BCUT2D eigenvalue weighted by Crippen LogP contribution is 2.22. The van der Waals surface area contributed by atoms with Crippen molar-refractivity contribution in [2.45, 2.75) is 52.5 Å². The van der Waals surface area contributed by atoms with Crippen molar-refractivity contribution in [2.24, 2.45) is 0 Å². The van der Waals surface area contributed by atoms with Gasteiger partial charge in [-0.25, -0.2) is 14.5 Å². The van der Waals surface area contributed by atoms with Gasteiger partial charge in [0.25, 0.3) is 0 Å². The van der Waals surface area contributed by atoms with Crippen molar-refractivity contribution >= 4 is 5.97 Å². The lowest BCUT2D eigenvalue weighted by Gasteiger charge is -2.07. The monoisotopic (exact) mass is 378 g/mol. The molecule has 0 radical (unpaired) electrons. The van der Waals surface area contributed by atoms with Crippen LogP contribution in [0.25, 0.3) is 11.3 Å². The SMILES string of the molecule is CCCCc1nc(Cc2ccc(-c3ncccc3C(=O)O)cc2)n(CCC)n1. The number of aromatic carboxylic acids is 1. The highest BCUT2D eigenvalue weighted by molar-refractivity contribution is 5.94. The molecule has 3 rings (SSSR count). The van der Waals surface area contributed by atoms with Crippen LogP contribution in [-0.4, -0.2) is 30.8 Å². The fourth-order valence-electron chi connectivity index (χ4n) is 3.16. The second-order valence-corrected chi connectivity index (χ2v) is 6.85. The molecular weight excluding hydrogens is 352 g/mol. The van der Waals surface area contributed by atoms with Gasteiger partial charge in [0, 0.05) is 31.1 Å². The Labute approximate surface area is 165 Å². The van der Waals surface area contributed by atoms with E-state index in [0.29, 0.717) is 12.1 Å². The van der Waals surface area contributed by atoms with E-state index in [1.807, 2.05) is 28.9 Å². The summed E-state index contributed by atoms with van der Waals surface area (Å²) < 4.78 is 2.01. The summed E-state index contributed by atoms with van der Waals surface area (Å²) in [4.78, 5) is 20.4. The topological polar surface area (TPSA) is 80.9 Å². The Balaban J connectivity index is 1.81. The first-order valence-corrected chi connectivity index (χ1v) is 9.82. The van der Waals surface area contributed by atoms with Gasteiger partial charge in [-0.3, -0.25) is 4.98 Å². The van der Waals surface area contributed by atoms with Gasteiger partial charge >= 0.3 is 5.97 Å². The first kappa shape index (κ1) is 19.7. The van der Waals surface area contributed by atoms with Crippen molar-refractivity contribution in [3.63, 3.8) is 0 Å². The third kappa shape index (κ3) is 4.63. The second kappa shape index (κ2) is 9.26. The Morgan fingerprint density at radius 2 is 1.89 bits per heavy atom. The van der Waals surface area contributed by atoms with E-state index in [1.165, 1.54) is 0 Å². The third-order valence-corrected chi connectivity index (χ3v) is 4.61. The molecule has 0 bridgehead atoms. The number of aryl methyl sites for hydroxylation is 2. The van der Waals surface area contributed by atoms with E-state index in [-0.39, 0.29) is 5.56 Å². The average molecular weight is 378 g/mol. The summed E-state index contributed by atoms with van der Waals surface area (Å²) in [6.45, 7) is 5.17. The number of rotatable bonds is 9. The molecule has 6 heteroatoms. The molecule has 146 valence electrons. The van der Waals surface area contributed by atoms with Crippen molar-refractivity contribution in [3.8, 4) is 11.3 Å². The number of benzene rings is 1. The maximum Gasteiger partial charge on any atom is 0.337 e. The Morgan fingerprint density at radius 1 is 1.11 bits per heavy atom. The molecule has 0 atom stereocenters. The Kier molecular flexibility index (Phi) is 6.53. The van der Waals surface area contributed by atoms with Gasteiger partial charge in [-0.2, -0.15) is 5.10 Å². The van der Waals surface area contributed by atoms with Crippen molar-refractivity contribution in [1.29, 1.82) is 0 Å². The molecule has 0 aliphatic carbocycles. The zero-order chi connectivity index (χ0) is 19.9. The van der Waals surface area contributed by atoms with Gasteiger partial charge < -0.3 is 5.11 Å². The molecule has 28 heavy (non-hydrogen) atoms. The van der Waals surface area contributed by atoms with E-state index in [9.17, 15) is 9.90 Å². The lowest BCUT2D eigenvalue weighted by atomic mass is 10.0. The van der Waals surface area contributed by atoms with Crippen molar-refractivity contribution in [2.75, 3.05) is 0 Å². The summed E-state index contributed by atoms with van der Waals surface area (Å²) in [5.41, 5.74) is 2.60. The van der Waals surface area contributed by atoms with Crippen LogP contribution in [0.4, 0.5) is 0 Å². The summed E-state index contributed by atoms with van der Waals surface area (Å²) in [7, 11) is 0. The van der Waals surface area contributed by atoms with Crippen molar-refractivity contribution in [3.05, 3.63) is 65.4 Å². The number of hydrogen-bond donors (Lipinski definition) is 1.